The fourth-order valence-electron chi connectivity index (χ4n) is 4.73. The largest absolute Gasteiger partial charge is 0.363 e. The molecule has 1 amide bonds. The number of nitrogens with one attached hydrogen (secondary N) is 1. The molecule has 0 aromatic heterocycles. The molecule has 2 aliphatic rings. The molecular formula is C27H31N3OS. The normalized spacial score (nSPS) is 19.9. The van der Waals surface area contributed by atoms with Crippen molar-refractivity contribution in [3.05, 3.63) is 69.1 Å². The number of anilines is 1. The summed E-state index contributed by atoms with van der Waals surface area (Å²) in [4.78, 5) is 20.4. The zero-order valence-electron chi connectivity index (χ0n) is 20.0. The summed E-state index contributed by atoms with van der Waals surface area (Å²) in [6.07, 6.45) is 4.32. The first-order chi connectivity index (χ1) is 15.1. The number of thioether (sulfide) groups is 1. The molecule has 1 N–H and O–H groups in total. The molecule has 32 heavy (non-hydrogen) atoms. The highest BCUT2D eigenvalue weighted by Gasteiger charge is 2.31. The molecule has 2 aromatic carbocycles. The molecule has 0 unspecified atom stereocenters. The second-order valence-corrected chi connectivity index (χ2v) is 10.3. The van der Waals surface area contributed by atoms with Gasteiger partial charge in [-0.1, -0.05) is 12.1 Å². The molecule has 0 radical (unpaired) electrons. The van der Waals surface area contributed by atoms with E-state index in [1.807, 2.05) is 18.2 Å². The Labute approximate surface area is 195 Å². The molecule has 0 bridgehead atoms. The Kier molecular flexibility index (Phi) is 5.80. The third-order valence-corrected chi connectivity index (χ3v) is 6.97. The number of nitrogens with zero attached hydrogens (tertiary/aromatic N) is 2. The number of likely N-dealkylation sites (N-methyl/N-ethyl adjacent to an activating group) is 1. The Morgan fingerprint density at radius 1 is 1.06 bits per heavy atom. The second-order valence-electron chi connectivity index (χ2n) is 9.28. The first-order valence-corrected chi connectivity index (χ1v) is 11.9. The number of amides is 1. The summed E-state index contributed by atoms with van der Waals surface area (Å²) in [5.41, 5.74) is 9.16. The van der Waals surface area contributed by atoms with Gasteiger partial charge < -0.3 is 10.2 Å². The molecule has 5 heteroatoms. The number of aryl methyl sites for hydroxylation is 3. The van der Waals surface area contributed by atoms with Crippen molar-refractivity contribution >= 4 is 45.9 Å². The van der Waals surface area contributed by atoms with Gasteiger partial charge in [-0.3, -0.25) is 4.79 Å². The van der Waals surface area contributed by atoms with Gasteiger partial charge in [0.05, 0.1) is 16.1 Å². The number of carbonyl (C=O) groups excluding carboxylic acids is 1. The Hall–Kier alpha value is -2.79. The van der Waals surface area contributed by atoms with Gasteiger partial charge in [0, 0.05) is 17.8 Å². The predicted molar refractivity (Wildman–Crippen MR) is 139 cm³/mol. The second kappa shape index (κ2) is 8.28. The van der Waals surface area contributed by atoms with Crippen LogP contribution in [0, 0.1) is 20.8 Å². The molecule has 1 fully saturated rings. The lowest BCUT2D eigenvalue weighted by Gasteiger charge is -2.43. The van der Waals surface area contributed by atoms with E-state index in [1.165, 1.54) is 28.6 Å². The van der Waals surface area contributed by atoms with Gasteiger partial charge in [0.25, 0.3) is 5.91 Å². The Bertz CT molecular complexity index is 1180. The number of carbonyl (C=O) groups is 1. The van der Waals surface area contributed by atoms with Gasteiger partial charge in [0.15, 0.2) is 5.17 Å². The molecule has 0 saturated carbocycles. The molecule has 4 nitrogen and oxygen atoms in total. The highest BCUT2D eigenvalue weighted by molar-refractivity contribution is 8.18. The van der Waals surface area contributed by atoms with Crippen LogP contribution < -0.4 is 10.2 Å². The zero-order chi connectivity index (χ0) is 23.2. The standard InChI is InChI=1S/C27H31N3OS/c1-8-30-23-12-18(4)20(13-22(23)19(5)15-27(30,6)7)14-24-25(31)29-26(32-24)28-21-10-16(2)9-17(3)11-21/h9-15H,8H2,1-7H3,(H,28,29,31)/b24-14+. The van der Waals surface area contributed by atoms with E-state index in [0.29, 0.717) is 10.1 Å². The van der Waals surface area contributed by atoms with Crippen molar-refractivity contribution < 1.29 is 4.79 Å². The highest BCUT2D eigenvalue weighted by atomic mass is 32.2. The third-order valence-electron chi connectivity index (χ3n) is 6.06. The van der Waals surface area contributed by atoms with E-state index >= 15 is 0 Å². The van der Waals surface area contributed by atoms with Crippen LogP contribution in [0.15, 0.2) is 46.3 Å². The summed E-state index contributed by atoms with van der Waals surface area (Å²) in [7, 11) is 0. The molecular weight excluding hydrogens is 414 g/mol. The molecule has 4 rings (SSSR count). The molecule has 0 spiro atoms. The lowest BCUT2D eigenvalue weighted by atomic mass is 9.87. The van der Waals surface area contributed by atoms with Crippen molar-refractivity contribution in [2.24, 2.45) is 4.99 Å². The van der Waals surface area contributed by atoms with Gasteiger partial charge in [-0.25, -0.2) is 4.99 Å². The SMILES string of the molecule is CCN1c2cc(C)c(/C=C3/SC(=Nc4cc(C)cc(C)c4)NC3=O)cc2C(C)=CC1(C)C. The van der Waals surface area contributed by atoms with Gasteiger partial charge in [-0.05, 0) is 118 Å². The maximum atomic E-state index is 12.7. The van der Waals surface area contributed by atoms with Gasteiger partial charge >= 0.3 is 0 Å². The Morgan fingerprint density at radius 2 is 1.75 bits per heavy atom. The van der Waals surface area contributed by atoms with Crippen molar-refractivity contribution in [1.29, 1.82) is 0 Å². The van der Waals surface area contributed by atoms with E-state index in [1.54, 1.807) is 0 Å². The number of hydrogen-bond donors (Lipinski definition) is 1. The average molecular weight is 446 g/mol. The first kappa shape index (κ1) is 22.4. The van der Waals surface area contributed by atoms with E-state index in [-0.39, 0.29) is 11.4 Å². The number of benzene rings is 2. The summed E-state index contributed by atoms with van der Waals surface area (Å²) < 4.78 is 0. The van der Waals surface area contributed by atoms with Gasteiger partial charge in [-0.2, -0.15) is 0 Å². The Morgan fingerprint density at radius 3 is 2.41 bits per heavy atom. The number of amidine groups is 1. The molecule has 1 saturated heterocycles. The topological polar surface area (TPSA) is 44.7 Å². The quantitative estimate of drug-likeness (QED) is 0.547. The molecule has 0 aliphatic carbocycles. The van der Waals surface area contributed by atoms with Crippen molar-refractivity contribution in [2.45, 2.75) is 54.0 Å². The first-order valence-electron chi connectivity index (χ1n) is 11.1. The van der Waals surface area contributed by atoms with Crippen molar-refractivity contribution in [1.82, 2.24) is 5.32 Å². The van der Waals surface area contributed by atoms with E-state index in [9.17, 15) is 4.79 Å². The monoisotopic (exact) mass is 445 g/mol. The van der Waals surface area contributed by atoms with Crippen LogP contribution in [0.25, 0.3) is 11.6 Å². The van der Waals surface area contributed by atoms with Crippen LogP contribution in [0.5, 0.6) is 0 Å². The number of fused-ring (bicyclic) bond motifs is 1. The lowest BCUT2D eigenvalue weighted by Crippen LogP contribution is -2.44. The maximum Gasteiger partial charge on any atom is 0.264 e. The smallest absolute Gasteiger partial charge is 0.264 e. The zero-order valence-corrected chi connectivity index (χ0v) is 20.8. The van der Waals surface area contributed by atoms with Crippen LogP contribution in [-0.4, -0.2) is 23.2 Å². The minimum Gasteiger partial charge on any atom is -0.363 e. The van der Waals surface area contributed by atoms with Gasteiger partial charge in [0.1, 0.15) is 0 Å². The summed E-state index contributed by atoms with van der Waals surface area (Å²) in [6, 6.07) is 10.6. The van der Waals surface area contributed by atoms with E-state index in [2.05, 4.69) is 88.0 Å². The molecule has 2 aromatic rings. The third kappa shape index (κ3) is 4.26. The van der Waals surface area contributed by atoms with Crippen molar-refractivity contribution in [3.8, 4) is 0 Å². The number of rotatable bonds is 3. The summed E-state index contributed by atoms with van der Waals surface area (Å²) in [5, 5.41) is 3.54. The van der Waals surface area contributed by atoms with Crippen LogP contribution in [-0.2, 0) is 4.79 Å². The molecule has 2 heterocycles. The van der Waals surface area contributed by atoms with Crippen LogP contribution >= 0.6 is 11.8 Å². The van der Waals surface area contributed by atoms with Gasteiger partial charge in [-0.15, -0.1) is 0 Å². The predicted octanol–water partition coefficient (Wildman–Crippen LogP) is 6.53. The minimum atomic E-state index is -0.0983. The van der Waals surface area contributed by atoms with E-state index in [4.69, 9.17) is 0 Å². The Balaban J connectivity index is 1.68. The summed E-state index contributed by atoms with van der Waals surface area (Å²) in [6.45, 7) is 16.0. The summed E-state index contributed by atoms with van der Waals surface area (Å²) >= 11 is 1.40. The summed E-state index contributed by atoms with van der Waals surface area (Å²) in [5.74, 6) is -0.0983. The fraction of sp³-hybridized carbons (Fsp3) is 0.333. The van der Waals surface area contributed by atoms with Gasteiger partial charge in [0.2, 0.25) is 0 Å². The number of hydrogen-bond acceptors (Lipinski definition) is 4. The minimum absolute atomic E-state index is 0.0149. The van der Waals surface area contributed by atoms with Crippen LogP contribution in [0.1, 0.15) is 55.5 Å². The molecule has 0 atom stereocenters. The fourth-order valence-corrected chi connectivity index (χ4v) is 5.56. The van der Waals surface area contributed by atoms with Crippen molar-refractivity contribution in [3.63, 3.8) is 0 Å². The maximum absolute atomic E-state index is 12.7. The van der Waals surface area contributed by atoms with Crippen LogP contribution in [0.2, 0.25) is 0 Å². The number of aliphatic imine (C=N–C) groups is 1. The average Bonchev–Trinajstić information content (AvgIpc) is 3.00. The van der Waals surface area contributed by atoms with Crippen molar-refractivity contribution in [2.75, 3.05) is 11.4 Å². The van der Waals surface area contributed by atoms with Crippen LogP contribution in [0.4, 0.5) is 11.4 Å². The molecule has 2 aliphatic heterocycles. The van der Waals surface area contributed by atoms with E-state index < -0.39 is 0 Å². The molecule has 166 valence electrons. The lowest BCUT2D eigenvalue weighted by molar-refractivity contribution is -0.115. The van der Waals surface area contributed by atoms with Crippen LogP contribution in [0.3, 0.4) is 0 Å². The van der Waals surface area contributed by atoms with E-state index in [0.717, 1.165) is 34.5 Å². The highest BCUT2D eigenvalue weighted by Crippen LogP contribution is 2.41. The number of allylic oxidation sites excluding steroid dienone is 1.